The maximum Gasteiger partial charge on any atom is 0.265 e. The average Bonchev–Trinajstić information content (AvgIpc) is 2.76. The number of carbonyl (C=O) groups excluding carboxylic acids is 2. The van der Waals surface area contributed by atoms with Crippen molar-refractivity contribution < 1.29 is 19.4 Å². The molecule has 1 heterocycles. The quantitative estimate of drug-likeness (QED) is 0.460. The van der Waals surface area contributed by atoms with E-state index in [-0.39, 0.29) is 29.9 Å². The highest BCUT2D eigenvalue weighted by Gasteiger charge is 2.21. The first-order valence-electron chi connectivity index (χ1n) is 9.90. The molecule has 0 saturated carbocycles. The second-order valence-electron chi connectivity index (χ2n) is 7.50. The molecule has 0 fully saturated rings. The molecule has 156 valence electrons. The summed E-state index contributed by atoms with van der Waals surface area (Å²) < 4.78 is 7.28. The summed E-state index contributed by atoms with van der Waals surface area (Å²) in [5.41, 5.74) is -0.468. The molecule has 0 radical (unpaired) electrons. The second kappa shape index (κ2) is 8.07. The van der Waals surface area contributed by atoms with E-state index in [2.05, 4.69) is 0 Å². The smallest absolute Gasteiger partial charge is 0.265 e. The topological polar surface area (TPSA) is 85.6 Å². The standard InChI is InChI=1S/C25H21NO5/c1-15(27)7-12-22(28)23-24(29)20-11-10-19(14-21(20)26(2)25(23)30)31-18-9-8-16-5-3-4-6-17(16)13-18/h3-6,8-11,13-14,29H,7,12H2,1-2H3. The number of rotatable bonds is 6. The van der Waals surface area contributed by atoms with Crippen LogP contribution in [0.2, 0.25) is 0 Å². The molecule has 0 aliphatic rings. The normalized spacial score (nSPS) is 11.0. The van der Waals surface area contributed by atoms with Crippen LogP contribution in [-0.2, 0) is 11.8 Å². The number of pyridine rings is 1. The predicted molar refractivity (Wildman–Crippen MR) is 119 cm³/mol. The van der Waals surface area contributed by atoms with Crippen molar-refractivity contribution in [3.8, 4) is 17.2 Å². The Hall–Kier alpha value is -3.93. The number of fused-ring (bicyclic) bond motifs is 2. The van der Waals surface area contributed by atoms with Crippen LogP contribution < -0.4 is 10.3 Å². The number of ketones is 2. The molecule has 6 nitrogen and oxygen atoms in total. The lowest BCUT2D eigenvalue weighted by Gasteiger charge is -2.13. The number of carbonyl (C=O) groups is 2. The Bertz CT molecular complexity index is 1400. The van der Waals surface area contributed by atoms with Crippen LogP contribution in [0.1, 0.15) is 30.1 Å². The maximum absolute atomic E-state index is 12.8. The van der Waals surface area contributed by atoms with Gasteiger partial charge in [-0.25, -0.2) is 0 Å². The third-order valence-corrected chi connectivity index (χ3v) is 5.28. The zero-order valence-corrected chi connectivity index (χ0v) is 17.2. The van der Waals surface area contributed by atoms with Crippen molar-refractivity contribution in [2.24, 2.45) is 7.05 Å². The second-order valence-corrected chi connectivity index (χ2v) is 7.50. The van der Waals surface area contributed by atoms with Gasteiger partial charge in [-0.1, -0.05) is 30.3 Å². The van der Waals surface area contributed by atoms with Crippen LogP contribution in [-0.4, -0.2) is 21.2 Å². The molecular weight excluding hydrogens is 394 g/mol. The van der Waals surface area contributed by atoms with Gasteiger partial charge in [0.1, 0.15) is 28.6 Å². The number of Topliss-reactive ketones (excluding diaryl/α,β-unsaturated/α-hetero) is 2. The monoisotopic (exact) mass is 415 g/mol. The van der Waals surface area contributed by atoms with E-state index in [0.717, 1.165) is 10.8 Å². The molecule has 0 aliphatic carbocycles. The van der Waals surface area contributed by atoms with E-state index in [1.807, 2.05) is 42.5 Å². The number of ether oxygens (including phenoxy) is 1. The van der Waals surface area contributed by atoms with Gasteiger partial charge in [-0.15, -0.1) is 0 Å². The summed E-state index contributed by atoms with van der Waals surface area (Å²) >= 11 is 0. The fourth-order valence-corrected chi connectivity index (χ4v) is 3.60. The number of benzene rings is 3. The van der Waals surface area contributed by atoms with Crippen molar-refractivity contribution in [1.29, 1.82) is 0 Å². The van der Waals surface area contributed by atoms with Gasteiger partial charge in [0.2, 0.25) is 0 Å². The molecular formula is C25H21NO5. The molecule has 6 heteroatoms. The van der Waals surface area contributed by atoms with Gasteiger partial charge in [0.25, 0.3) is 5.56 Å². The molecule has 0 aliphatic heterocycles. The van der Waals surface area contributed by atoms with E-state index in [9.17, 15) is 19.5 Å². The summed E-state index contributed by atoms with van der Waals surface area (Å²) in [6.07, 6.45) is -0.0925. The van der Waals surface area contributed by atoms with Crippen LogP contribution in [0, 0.1) is 0 Å². The summed E-state index contributed by atoms with van der Waals surface area (Å²) in [6, 6.07) is 18.6. The highest BCUT2D eigenvalue weighted by molar-refractivity contribution is 6.04. The molecule has 0 unspecified atom stereocenters. The van der Waals surface area contributed by atoms with Gasteiger partial charge in [-0.3, -0.25) is 9.59 Å². The van der Waals surface area contributed by atoms with E-state index in [1.54, 1.807) is 18.2 Å². The van der Waals surface area contributed by atoms with Crippen LogP contribution in [0.4, 0.5) is 0 Å². The number of hydrogen-bond acceptors (Lipinski definition) is 5. The molecule has 1 N–H and O–H groups in total. The first-order chi connectivity index (χ1) is 14.8. The van der Waals surface area contributed by atoms with Gasteiger partial charge >= 0.3 is 0 Å². The molecule has 31 heavy (non-hydrogen) atoms. The van der Waals surface area contributed by atoms with E-state index >= 15 is 0 Å². The summed E-state index contributed by atoms with van der Waals surface area (Å²) in [7, 11) is 1.53. The Morgan fingerprint density at radius 1 is 0.935 bits per heavy atom. The van der Waals surface area contributed by atoms with E-state index in [0.29, 0.717) is 22.4 Å². The van der Waals surface area contributed by atoms with E-state index in [1.165, 1.54) is 18.5 Å². The lowest BCUT2D eigenvalue weighted by molar-refractivity contribution is -0.116. The highest BCUT2D eigenvalue weighted by atomic mass is 16.5. The number of aromatic nitrogens is 1. The molecule has 4 aromatic rings. The molecule has 1 aromatic heterocycles. The molecule has 0 atom stereocenters. The zero-order valence-electron chi connectivity index (χ0n) is 17.2. The Labute approximate surface area is 178 Å². The number of hydrogen-bond donors (Lipinski definition) is 1. The largest absolute Gasteiger partial charge is 0.506 e. The summed E-state index contributed by atoms with van der Waals surface area (Å²) in [6.45, 7) is 1.38. The maximum atomic E-state index is 12.8. The number of nitrogens with zero attached hydrogens (tertiary/aromatic N) is 1. The molecule has 0 spiro atoms. The molecule has 0 bridgehead atoms. The average molecular weight is 415 g/mol. The summed E-state index contributed by atoms with van der Waals surface area (Å²) in [4.78, 5) is 36.4. The highest BCUT2D eigenvalue weighted by Crippen LogP contribution is 2.32. The first kappa shape index (κ1) is 20.3. The van der Waals surface area contributed by atoms with Crippen LogP contribution in [0.5, 0.6) is 17.2 Å². The Morgan fingerprint density at radius 2 is 1.61 bits per heavy atom. The van der Waals surface area contributed by atoms with Crippen LogP contribution in [0.3, 0.4) is 0 Å². The van der Waals surface area contributed by atoms with Crippen molar-refractivity contribution in [1.82, 2.24) is 4.57 Å². The van der Waals surface area contributed by atoms with Gasteiger partial charge in [-0.2, -0.15) is 0 Å². The van der Waals surface area contributed by atoms with Gasteiger partial charge in [-0.05, 0) is 42.0 Å². The Morgan fingerprint density at radius 3 is 2.35 bits per heavy atom. The third-order valence-electron chi connectivity index (χ3n) is 5.28. The first-order valence-corrected chi connectivity index (χ1v) is 9.90. The van der Waals surface area contributed by atoms with Crippen molar-refractivity contribution in [3.63, 3.8) is 0 Å². The molecule has 0 saturated heterocycles. The van der Waals surface area contributed by atoms with Gasteiger partial charge < -0.3 is 19.2 Å². The minimum absolute atomic E-state index is 0.0258. The van der Waals surface area contributed by atoms with Crippen LogP contribution in [0.15, 0.2) is 65.5 Å². The number of aryl methyl sites for hydroxylation is 1. The van der Waals surface area contributed by atoms with E-state index in [4.69, 9.17) is 4.74 Å². The minimum Gasteiger partial charge on any atom is -0.506 e. The van der Waals surface area contributed by atoms with Crippen molar-refractivity contribution >= 4 is 33.2 Å². The van der Waals surface area contributed by atoms with Gasteiger partial charge in [0.15, 0.2) is 5.78 Å². The van der Waals surface area contributed by atoms with Crippen molar-refractivity contribution in [2.75, 3.05) is 0 Å². The Balaban J connectivity index is 1.72. The van der Waals surface area contributed by atoms with Crippen molar-refractivity contribution in [2.45, 2.75) is 19.8 Å². The zero-order chi connectivity index (χ0) is 22.1. The van der Waals surface area contributed by atoms with Crippen LogP contribution >= 0.6 is 0 Å². The van der Waals surface area contributed by atoms with Crippen LogP contribution in [0.25, 0.3) is 21.7 Å². The summed E-state index contributed by atoms with van der Waals surface area (Å²) in [5.74, 6) is 0.0627. The fourth-order valence-electron chi connectivity index (χ4n) is 3.60. The number of aromatic hydroxyl groups is 1. The third kappa shape index (κ3) is 3.92. The molecule has 0 amide bonds. The van der Waals surface area contributed by atoms with Gasteiger partial charge in [0.05, 0.1) is 5.52 Å². The Kier molecular flexibility index (Phi) is 5.29. The molecule has 3 aromatic carbocycles. The lowest BCUT2D eigenvalue weighted by Crippen LogP contribution is -2.25. The predicted octanol–water partition coefficient (Wildman–Crippen LogP) is 4.74. The summed E-state index contributed by atoms with van der Waals surface area (Å²) in [5, 5.41) is 13.1. The van der Waals surface area contributed by atoms with Gasteiger partial charge in [0, 0.05) is 31.3 Å². The minimum atomic E-state index is -0.610. The fraction of sp³-hybridized carbons (Fsp3) is 0.160. The SMILES string of the molecule is CC(=O)CCC(=O)c1c(O)c2ccc(Oc3ccc4ccccc4c3)cc2n(C)c1=O. The van der Waals surface area contributed by atoms with Crippen molar-refractivity contribution in [3.05, 3.63) is 76.6 Å². The molecule has 4 rings (SSSR count). The lowest BCUT2D eigenvalue weighted by atomic mass is 10.0. The van der Waals surface area contributed by atoms with E-state index < -0.39 is 11.3 Å².